The summed E-state index contributed by atoms with van der Waals surface area (Å²) in [7, 11) is 0. The molecule has 5 N–H and O–H groups in total. The molecular weight excluding hydrogens is 546 g/mol. The minimum atomic E-state index is -1.40. The van der Waals surface area contributed by atoms with Gasteiger partial charge in [0.1, 0.15) is 54.7 Å². The molecule has 1 aliphatic rings. The van der Waals surface area contributed by atoms with Gasteiger partial charge >= 0.3 is 11.8 Å². The molecule has 3 aromatic heterocycles. The van der Waals surface area contributed by atoms with Crippen LogP contribution in [-0.2, 0) is 20.8 Å². The van der Waals surface area contributed by atoms with Crippen molar-refractivity contribution in [3.8, 4) is 5.75 Å². The monoisotopic (exact) mass is 563 g/mol. The summed E-state index contributed by atoms with van der Waals surface area (Å²) in [4.78, 5) is 36.0. The van der Waals surface area contributed by atoms with Crippen molar-refractivity contribution in [1.82, 2.24) is 19.5 Å². The van der Waals surface area contributed by atoms with Crippen molar-refractivity contribution in [2.24, 2.45) is 0 Å². The average Bonchev–Trinajstić information content (AvgIpc) is 3.39. The highest BCUT2D eigenvalue weighted by Crippen LogP contribution is 2.33. The van der Waals surface area contributed by atoms with Crippen molar-refractivity contribution in [3.05, 3.63) is 51.3 Å². The lowest BCUT2D eigenvalue weighted by molar-refractivity contribution is -0.0618. The molecule has 4 aromatic rings. The van der Waals surface area contributed by atoms with Gasteiger partial charge in [0.15, 0.2) is 17.7 Å². The highest BCUT2D eigenvalue weighted by atomic mass is 79.9. The summed E-state index contributed by atoms with van der Waals surface area (Å²) in [5.74, 6) is 0.0147. The summed E-state index contributed by atoms with van der Waals surface area (Å²) in [5.41, 5.74) is 6.10. The quantitative estimate of drug-likeness (QED) is 0.197. The molecule has 1 aromatic carbocycles. The van der Waals surface area contributed by atoms with E-state index in [1.54, 1.807) is 0 Å². The first-order valence-corrected chi connectivity index (χ1v) is 11.2. The van der Waals surface area contributed by atoms with Crippen molar-refractivity contribution in [1.29, 1.82) is 0 Å². The number of aliphatic hydroxyl groups is 2. The first-order valence-electron chi connectivity index (χ1n) is 10.4. The lowest BCUT2D eigenvalue weighted by Crippen LogP contribution is -2.34. The first kappa shape index (κ1) is 23.9. The van der Waals surface area contributed by atoms with E-state index in [9.17, 15) is 24.9 Å². The molecule has 0 unspecified atom stereocenters. The number of nitrogen functional groups attached to an aromatic ring is 1. The number of fused-ring (bicyclic) bond motifs is 2. The van der Waals surface area contributed by atoms with Crippen LogP contribution in [0.4, 0.5) is 10.6 Å². The fourth-order valence-corrected chi connectivity index (χ4v) is 4.18. The maximum absolute atomic E-state index is 12.2. The third kappa shape index (κ3) is 4.32. The highest BCUT2D eigenvalue weighted by molar-refractivity contribution is 9.10. The molecule has 4 atom stereocenters. The Kier molecular flexibility index (Phi) is 6.21. The molecular formula is C21H18BrN5O9. The molecule has 0 amide bonds. The number of hydrogen-bond acceptors (Lipinski definition) is 13. The predicted molar refractivity (Wildman–Crippen MR) is 124 cm³/mol. The van der Waals surface area contributed by atoms with Crippen LogP contribution >= 0.6 is 15.9 Å². The molecule has 36 heavy (non-hydrogen) atoms. The van der Waals surface area contributed by atoms with Crippen molar-refractivity contribution in [2.45, 2.75) is 31.1 Å². The molecule has 0 radical (unpaired) electrons. The van der Waals surface area contributed by atoms with E-state index >= 15 is 0 Å². The summed E-state index contributed by atoms with van der Waals surface area (Å²) in [5, 5.41) is 31.1. The molecule has 0 bridgehead atoms. The van der Waals surface area contributed by atoms with Crippen LogP contribution in [0.25, 0.3) is 22.1 Å². The van der Waals surface area contributed by atoms with Gasteiger partial charge in [-0.25, -0.2) is 24.5 Å². The molecule has 4 heterocycles. The second-order valence-corrected chi connectivity index (χ2v) is 8.72. The standard InChI is InChI=1S/C21H18BrN5O9/c22-10-2-9-8(1-14(29)35-12(9)3-11(10)28)4-33-21(32)34-5-13-16(30)17(31)20(36-13)27-7-26-15-18(23)24-6-25-19(15)27/h1-3,6-7,13,16-17,20,28,30-31H,4-5H2,(H2,23,24,25)/t13-,16-,17-,20-/m1/s1. The number of aliphatic hydroxyl groups excluding tert-OH is 2. The van der Waals surface area contributed by atoms with Gasteiger partial charge in [-0.05, 0) is 22.0 Å². The van der Waals surface area contributed by atoms with E-state index in [1.807, 2.05) is 0 Å². The van der Waals surface area contributed by atoms with E-state index in [1.165, 1.54) is 29.4 Å². The van der Waals surface area contributed by atoms with Crippen molar-refractivity contribution >= 4 is 50.0 Å². The van der Waals surface area contributed by atoms with Crippen molar-refractivity contribution in [2.75, 3.05) is 12.3 Å². The van der Waals surface area contributed by atoms with Crippen LogP contribution in [0.5, 0.6) is 5.75 Å². The summed E-state index contributed by atoms with van der Waals surface area (Å²) < 4.78 is 22.6. The normalized spacial score (nSPS) is 21.8. The number of phenolic OH excluding ortho intramolecular Hbond substituents is 1. The van der Waals surface area contributed by atoms with Crippen LogP contribution in [0.15, 0.2) is 44.5 Å². The van der Waals surface area contributed by atoms with Crippen LogP contribution in [0.2, 0.25) is 0 Å². The Labute approximate surface area is 209 Å². The highest BCUT2D eigenvalue weighted by Gasteiger charge is 2.45. The van der Waals surface area contributed by atoms with Gasteiger partial charge in [0.05, 0.1) is 10.8 Å². The molecule has 1 aliphatic heterocycles. The summed E-state index contributed by atoms with van der Waals surface area (Å²) >= 11 is 3.18. The Bertz CT molecular complexity index is 1520. The molecule has 0 saturated carbocycles. The lowest BCUT2D eigenvalue weighted by Gasteiger charge is -2.16. The van der Waals surface area contributed by atoms with Crippen LogP contribution in [0.3, 0.4) is 0 Å². The summed E-state index contributed by atoms with van der Waals surface area (Å²) in [6, 6.07) is 3.92. The van der Waals surface area contributed by atoms with Crippen LogP contribution < -0.4 is 11.4 Å². The fraction of sp³-hybridized carbons (Fsp3) is 0.286. The number of imidazole rings is 1. The second-order valence-electron chi connectivity index (χ2n) is 7.87. The van der Waals surface area contributed by atoms with E-state index in [-0.39, 0.29) is 23.8 Å². The van der Waals surface area contributed by atoms with Crippen LogP contribution in [0.1, 0.15) is 11.8 Å². The molecule has 0 spiro atoms. The zero-order valence-electron chi connectivity index (χ0n) is 18.1. The number of nitrogens with two attached hydrogens (primary N) is 1. The average molecular weight is 564 g/mol. The van der Waals surface area contributed by atoms with E-state index in [0.29, 0.717) is 26.6 Å². The van der Waals surface area contributed by atoms with E-state index in [0.717, 1.165) is 6.07 Å². The topological polar surface area (TPSA) is 205 Å². The second kappa shape index (κ2) is 9.34. The number of carbonyl (C=O) groups excluding carboxylic acids is 1. The molecule has 1 fully saturated rings. The summed E-state index contributed by atoms with van der Waals surface area (Å²) in [6.07, 6.45) is -3.47. The Morgan fingerprint density at radius 1 is 1.17 bits per heavy atom. The smallest absolute Gasteiger partial charge is 0.507 e. The van der Waals surface area contributed by atoms with Gasteiger partial charge < -0.3 is 39.7 Å². The third-order valence-electron chi connectivity index (χ3n) is 5.61. The number of benzene rings is 1. The largest absolute Gasteiger partial charge is 0.508 e. The number of phenols is 1. The SMILES string of the molecule is Nc1ncnc2c1ncn2[C@@H]1O[C@H](COC(=O)OCc2cc(=O)oc3cc(O)c(Br)cc23)[C@@H](O)[C@H]1O. The van der Waals surface area contributed by atoms with Crippen molar-refractivity contribution < 1.29 is 38.7 Å². The molecule has 188 valence electrons. The number of ether oxygens (including phenoxy) is 3. The maximum atomic E-state index is 12.2. The molecule has 5 rings (SSSR count). The van der Waals surface area contributed by atoms with Gasteiger partial charge in [-0.2, -0.15) is 0 Å². The van der Waals surface area contributed by atoms with Crippen LogP contribution in [-0.4, -0.2) is 65.9 Å². The molecule has 15 heteroatoms. The van der Waals surface area contributed by atoms with Gasteiger partial charge in [0.2, 0.25) is 0 Å². The first-order chi connectivity index (χ1) is 17.2. The minimum absolute atomic E-state index is 0.108. The van der Waals surface area contributed by atoms with E-state index < -0.39 is 42.9 Å². The summed E-state index contributed by atoms with van der Waals surface area (Å²) in [6.45, 7) is -0.770. The zero-order valence-corrected chi connectivity index (χ0v) is 19.7. The van der Waals surface area contributed by atoms with Gasteiger partial charge in [-0.3, -0.25) is 4.57 Å². The predicted octanol–water partition coefficient (Wildman–Crippen LogP) is 0.956. The van der Waals surface area contributed by atoms with Gasteiger partial charge in [0, 0.05) is 23.1 Å². The number of rotatable bonds is 5. The molecule has 1 saturated heterocycles. The van der Waals surface area contributed by atoms with Gasteiger partial charge in [-0.15, -0.1) is 0 Å². The number of anilines is 1. The number of halogens is 1. The third-order valence-corrected chi connectivity index (χ3v) is 6.24. The molecule has 14 nitrogen and oxygen atoms in total. The maximum Gasteiger partial charge on any atom is 0.508 e. The van der Waals surface area contributed by atoms with Crippen molar-refractivity contribution in [3.63, 3.8) is 0 Å². The molecule has 0 aliphatic carbocycles. The van der Waals surface area contributed by atoms with E-state index in [4.69, 9.17) is 24.4 Å². The Morgan fingerprint density at radius 3 is 2.78 bits per heavy atom. The number of hydrogen-bond donors (Lipinski definition) is 4. The Hall–Kier alpha value is -3.79. The number of nitrogens with zero attached hydrogens (tertiary/aromatic N) is 4. The number of aromatic nitrogens is 4. The fourth-order valence-electron chi connectivity index (χ4n) is 3.84. The van der Waals surface area contributed by atoms with Crippen LogP contribution in [0, 0.1) is 0 Å². The zero-order chi connectivity index (χ0) is 25.6. The minimum Gasteiger partial charge on any atom is -0.507 e. The van der Waals surface area contributed by atoms with E-state index in [2.05, 4.69) is 30.9 Å². The Balaban J connectivity index is 1.23. The Morgan fingerprint density at radius 2 is 1.97 bits per heavy atom. The number of carbonyl (C=O) groups is 1. The van der Waals surface area contributed by atoms with Gasteiger partial charge in [-0.1, -0.05) is 0 Å². The number of aromatic hydroxyl groups is 1. The lowest BCUT2D eigenvalue weighted by atomic mass is 10.1. The van der Waals surface area contributed by atoms with Gasteiger partial charge in [0.25, 0.3) is 0 Å².